The van der Waals surface area contributed by atoms with Crippen LogP contribution in [0, 0.1) is 0 Å². The highest BCUT2D eigenvalue weighted by molar-refractivity contribution is 6.30. The van der Waals surface area contributed by atoms with Crippen LogP contribution in [-0.2, 0) is 0 Å². The molecule has 1 aromatic rings. The van der Waals surface area contributed by atoms with Crippen molar-refractivity contribution >= 4 is 23.3 Å². The Morgan fingerprint density at radius 1 is 0.920 bits per heavy atom. The molecule has 2 aliphatic heterocycles. The number of amides is 2. The Bertz CT molecular complexity index is 585. The summed E-state index contributed by atoms with van der Waals surface area (Å²) in [6, 6.07) is 9.58. The number of carbonyl (C=O) groups is 1. The Hall–Kier alpha value is -1.26. The molecule has 1 saturated carbocycles. The molecule has 1 unspecified atom stereocenters. The third-order valence-electron chi connectivity index (χ3n) is 6.21. The van der Waals surface area contributed by atoms with E-state index in [1.165, 1.54) is 44.9 Å². The van der Waals surface area contributed by atoms with E-state index < -0.39 is 0 Å². The lowest BCUT2D eigenvalue weighted by atomic mass is 9.80. The van der Waals surface area contributed by atoms with E-state index in [2.05, 4.69) is 15.5 Å². The van der Waals surface area contributed by atoms with Gasteiger partial charge in [0.2, 0.25) is 0 Å². The van der Waals surface area contributed by atoms with Crippen LogP contribution in [0.15, 0.2) is 24.3 Å². The third kappa shape index (κ3) is 3.95. The first-order chi connectivity index (χ1) is 12.2. The fourth-order valence-electron chi connectivity index (χ4n) is 5.22. The maximum absolute atomic E-state index is 12.4. The van der Waals surface area contributed by atoms with Crippen LogP contribution in [-0.4, -0.2) is 35.1 Å². The number of nitrogens with zero attached hydrogens (tertiary/aromatic N) is 1. The van der Waals surface area contributed by atoms with Crippen molar-refractivity contribution in [3.8, 4) is 0 Å². The average Bonchev–Trinajstić information content (AvgIpc) is 3.10. The van der Waals surface area contributed by atoms with E-state index in [-0.39, 0.29) is 6.03 Å². The van der Waals surface area contributed by atoms with Gasteiger partial charge >= 0.3 is 6.03 Å². The van der Waals surface area contributed by atoms with Crippen LogP contribution >= 0.6 is 11.6 Å². The summed E-state index contributed by atoms with van der Waals surface area (Å²) < 4.78 is 0. The van der Waals surface area contributed by atoms with Crippen LogP contribution in [0.25, 0.3) is 0 Å². The third-order valence-corrected chi connectivity index (χ3v) is 6.47. The molecular weight excluding hydrogens is 334 g/mol. The topological polar surface area (TPSA) is 44.4 Å². The quantitative estimate of drug-likeness (QED) is 0.812. The van der Waals surface area contributed by atoms with E-state index in [4.69, 9.17) is 11.6 Å². The van der Waals surface area contributed by atoms with Crippen molar-refractivity contribution < 1.29 is 4.79 Å². The second-order valence-corrected chi connectivity index (χ2v) is 8.33. The normalized spacial score (nSPS) is 30.2. The summed E-state index contributed by atoms with van der Waals surface area (Å²) in [5, 5.41) is 6.82. The molecule has 2 heterocycles. The fraction of sp³-hybridized carbons (Fsp3) is 0.650. The van der Waals surface area contributed by atoms with E-state index in [1.54, 1.807) is 12.1 Å². The summed E-state index contributed by atoms with van der Waals surface area (Å²) in [5.74, 6) is 0. The molecule has 25 heavy (non-hydrogen) atoms. The Morgan fingerprint density at radius 3 is 2.16 bits per heavy atom. The van der Waals surface area contributed by atoms with Crippen molar-refractivity contribution in [1.29, 1.82) is 0 Å². The molecule has 2 bridgehead atoms. The molecule has 0 radical (unpaired) electrons. The van der Waals surface area contributed by atoms with Gasteiger partial charge in [-0.25, -0.2) is 4.79 Å². The van der Waals surface area contributed by atoms with Gasteiger partial charge in [0, 0.05) is 34.9 Å². The van der Waals surface area contributed by atoms with Gasteiger partial charge in [-0.05, 0) is 62.8 Å². The molecule has 2 N–H and O–H groups in total. The molecule has 5 heteroatoms. The fourth-order valence-corrected chi connectivity index (χ4v) is 5.35. The van der Waals surface area contributed by atoms with Crippen LogP contribution in [0.1, 0.15) is 57.8 Å². The van der Waals surface area contributed by atoms with Crippen molar-refractivity contribution in [3.05, 3.63) is 29.3 Å². The maximum Gasteiger partial charge on any atom is 0.319 e. The number of benzene rings is 1. The first kappa shape index (κ1) is 17.2. The van der Waals surface area contributed by atoms with Crippen molar-refractivity contribution in [2.24, 2.45) is 0 Å². The molecule has 3 atom stereocenters. The molecule has 2 amide bonds. The highest BCUT2D eigenvalue weighted by Gasteiger charge is 2.42. The number of hydrogen-bond acceptors (Lipinski definition) is 2. The predicted octanol–water partition coefficient (Wildman–Crippen LogP) is 4.79. The largest absolute Gasteiger partial charge is 0.335 e. The second-order valence-electron chi connectivity index (χ2n) is 7.90. The lowest BCUT2D eigenvalue weighted by Gasteiger charge is -2.51. The van der Waals surface area contributed by atoms with Gasteiger partial charge < -0.3 is 10.6 Å². The minimum absolute atomic E-state index is 0.0975. The molecule has 136 valence electrons. The monoisotopic (exact) mass is 361 g/mol. The lowest BCUT2D eigenvalue weighted by molar-refractivity contribution is -0.00680. The minimum atomic E-state index is -0.0975. The van der Waals surface area contributed by atoms with Gasteiger partial charge in [-0.3, -0.25) is 4.90 Å². The number of anilines is 1. The molecule has 4 rings (SSSR count). The number of urea groups is 1. The van der Waals surface area contributed by atoms with Gasteiger partial charge in [0.25, 0.3) is 0 Å². The highest BCUT2D eigenvalue weighted by Crippen LogP contribution is 2.39. The first-order valence-corrected chi connectivity index (χ1v) is 10.2. The molecule has 2 saturated heterocycles. The average molecular weight is 362 g/mol. The molecular formula is C20H28ClN3O. The van der Waals surface area contributed by atoms with Gasteiger partial charge in [-0.15, -0.1) is 0 Å². The van der Waals surface area contributed by atoms with Gasteiger partial charge in [-0.1, -0.05) is 30.9 Å². The van der Waals surface area contributed by atoms with E-state index in [1.807, 2.05) is 12.1 Å². The number of halogens is 1. The van der Waals surface area contributed by atoms with Crippen LogP contribution in [0.5, 0.6) is 0 Å². The molecule has 1 aromatic carbocycles. The molecule has 4 nitrogen and oxygen atoms in total. The zero-order valence-electron chi connectivity index (χ0n) is 14.7. The Kier molecular flexibility index (Phi) is 5.18. The Labute approximate surface area is 155 Å². The van der Waals surface area contributed by atoms with E-state index >= 15 is 0 Å². The molecule has 0 spiro atoms. The van der Waals surface area contributed by atoms with Crippen LogP contribution in [0.4, 0.5) is 10.5 Å². The summed E-state index contributed by atoms with van der Waals surface area (Å²) >= 11 is 5.89. The highest BCUT2D eigenvalue weighted by atomic mass is 35.5. The van der Waals surface area contributed by atoms with Gasteiger partial charge in [-0.2, -0.15) is 0 Å². The van der Waals surface area contributed by atoms with Gasteiger partial charge in [0.1, 0.15) is 0 Å². The number of piperidine rings is 2. The second kappa shape index (κ2) is 7.55. The summed E-state index contributed by atoms with van der Waals surface area (Å²) in [7, 11) is 0. The van der Waals surface area contributed by atoms with E-state index in [9.17, 15) is 4.79 Å². The molecule has 3 fully saturated rings. The zero-order chi connectivity index (χ0) is 17.2. The van der Waals surface area contributed by atoms with Crippen molar-refractivity contribution in [2.75, 3.05) is 5.32 Å². The summed E-state index contributed by atoms with van der Waals surface area (Å²) in [6.07, 6.45) is 11.7. The van der Waals surface area contributed by atoms with Crippen LogP contribution < -0.4 is 10.6 Å². The Balaban J connectivity index is 1.34. The molecule has 3 aliphatic rings. The zero-order valence-corrected chi connectivity index (χ0v) is 15.5. The van der Waals surface area contributed by atoms with E-state index in [0.717, 1.165) is 24.6 Å². The predicted molar refractivity (Wildman–Crippen MR) is 102 cm³/mol. The van der Waals surface area contributed by atoms with Crippen LogP contribution in [0.2, 0.25) is 5.02 Å². The van der Waals surface area contributed by atoms with Crippen molar-refractivity contribution in [2.45, 2.75) is 82.0 Å². The van der Waals surface area contributed by atoms with Gasteiger partial charge in [0.05, 0.1) is 0 Å². The smallest absolute Gasteiger partial charge is 0.319 e. The minimum Gasteiger partial charge on any atom is -0.335 e. The Morgan fingerprint density at radius 2 is 1.52 bits per heavy atom. The number of carbonyl (C=O) groups excluding carboxylic acids is 1. The van der Waals surface area contributed by atoms with Gasteiger partial charge in [0.15, 0.2) is 0 Å². The molecule has 1 aliphatic carbocycles. The summed E-state index contributed by atoms with van der Waals surface area (Å²) in [4.78, 5) is 15.2. The SMILES string of the molecule is O=C(Nc1ccc(Cl)cc1)NC1C[C@H]2CCC[C@@H](C1)N2C1CCCC1. The lowest BCUT2D eigenvalue weighted by Crippen LogP contribution is -2.59. The first-order valence-electron chi connectivity index (χ1n) is 9.79. The number of rotatable bonds is 3. The maximum atomic E-state index is 12.4. The van der Waals surface area contributed by atoms with Crippen LogP contribution in [0.3, 0.4) is 0 Å². The van der Waals surface area contributed by atoms with E-state index in [0.29, 0.717) is 23.1 Å². The summed E-state index contributed by atoms with van der Waals surface area (Å²) in [6.45, 7) is 0. The number of fused-ring (bicyclic) bond motifs is 2. The summed E-state index contributed by atoms with van der Waals surface area (Å²) in [5.41, 5.74) is 0.783. The number of hydrogen-bond donors (Lipinski definition) is 2. The number of nitrogens with one attached hydrogen (secondary N) is 2. The van der Waals surface area contributed by atoms with Crippen molar-refractivity contribution in [1.82, 2.24) is 10.2 Å². The van der Waals surface area contributed by atoms with Crippen molar-refractivity contribution in [3.63, 3.8) is 0 Å². The molecule has 0 aromatic heterocycles. The standard InChI is InChI=1S/C20H28ClN3O/c21-14-8-10-15(11-9-14)22-20(25)23-16-12-18-6-3-7-19(13-16)24(18)17-4-1-2-5-17/h8-11,16-19H,1-7,12-13H2,(H2,22,23,25)/t16?,18-,19+.